The van der Waals surface area contributed by atoms with E-state index in [1.165, 1.54) is 25.7 Å². The SMILES string of the molecule is CC(=O)O[C@H]1CC[C@H]2[C@@H]3CC[C@H]4CC(=C(C#N)C#N)CC[C@]4(C)[C@H]3CC[C@]12C. The third kappa shape index (κ3) is 2.80. The van der Waals surface area contributed by atoms with Crippen LogP contribution in [0.15, 0.2) is 11.1 Å². The van der Waals surface area contributed by atoms with Gasteiger partial charge in [-0.15, -0.1) is 0 Å². The van der Waals surface area contributed by atoms with Crippen molar-refractivity contribution in [1.29, 1.82) is 10.5 Å². The van der Waals surface area contributed by atoms with Crippen molar-refractivity contribution in [3.8, 4) is 12.1 Å². The van der Waals surface area contributed by atoms with Crippen LogP contribution >= 0.6 is 0 Å². The topological polar surface area (TPSA) is 73.9 Å². The second kappa shape index (κ2) is 6.91. The second-order valence-electron chi connectivity index (χ2n) is 10.3. The third-order valence-electron chi connectivity index (χ3n) is 9.32. The Labute approximate surface area is 168 Å². The van der Waals surface area contributed by atoms with Gasteiger partial charge in [-0.2, -0.15) is 10.5 Å². The Morgan fingerprint density at radius 2 is 1.71 bits per heavy atom. The van der Waals surface area contributed by atoms with E-state index in [0.717, 1.165) is 49.5 Å². The van der Waals surface area contributed by atoms with Gasteiger partial charge in [0.1, 0.15) is 23.8 Å². The predicted molar refractivity (Wildman–Crippen MR) is 106 cm³/mol. The molecule has 0 unspecified atom stereocenters. The fourth-order valence-electron chi connectivity index (χ4n) is 7.84. The standard InChI is InChI=1S/C24H32N2O2/c1-15(27)28-22-7-6-20-19-5-4-18-12-16(17(13-25)14-26)8-10-23(18,2)21(19)9-11-24(20,22)3/h18-22H,4-12H2,1-3H3/t18-,19-,20-,21-,22-,23-,24-/m0/s1. The van der Waals surface area contributed by atoms with Crippen LogP contribution in [0.3, 0.4) is 0 Å². The molecule has 4 saturated carbocycles. The number of carbonyl (C=O) groups is 1. The molecule has 0 aromatic heterocycles. The van der Waals surface area contributed by atoms with Crippen molar-refractivity contribution in [3.05, 3.63) is 11.1 Å². The van der Waals surface area contributed by atoms with Crippen molar-refractivity contribution < 1.29 is 9.53 Å². The minimum absolute atomic E-state index is 0.0937. The van der Waals surface area contributed by atoms with E-state index in [4.69, 9.17) is 4.74 Å². The Morgan fingerprint density at radius 1 is 1.00 bits per heavy atom. The number of ether oxygens (including phenoxy) is 1. The molecule has 150 valence electrons. The van der Waals surface area contributed by atoms with E-state index in [9.17, 15) is 15.3 Å². The maximum absolute atomic E-state index is 11.6. The molecule has 0 aliphatic heterocycles. The number of rotatable bonds is 1. The summed E-state index contributed by atoms with van der Waals surface area (Å²) in [5.41, 5.74) is 1.93. The average molecular weight is 381 g/mol. The molecule has 0 spiro atoms. The van der Waals surface area contributed by atoms with E-state index >= 15 is 0 Å². The van der Waals surface area contributed by atoms with Crippen molar-refractivity contribution in [2.75, 3.05) is 0 Å². The van der Waals surface area contributed by atoms with Gasteiger partial charge in [0.15, 0.2) is 0 Å². The zero-order valence-corrected chi connectivity index (χ0v) is 17.5. The number of nitrogens with zero attached hydrogens (tertiary/aromatic N) is 2. The van der Waals surface area contributed by atoms with E-state index in [1.54, 1.807) is 6.92 Å². The van der Waals surface area contributed by atoms with Gasteiger partial charge in [-0.3, -0.25) is 4.79 Å². The average Bonchev–Trinajstić information content (AvgIpc) is 2.98. The van der Waals surface area contributed by atoms with Gasteiger partial charge < -0.3 is 4.74 Å². The van der Waals surface area contributed by atoms with Crippen LogP contribution in [0.1, 0.15) is 78.6 Å². The zero-order valence-electron chi connectivity index (χ0n) is 17.5. The van der Waals surface area contributed by atoms with Crippen LogP contribution in [-0.2, 0) is 9.53 Å². The smallest absolute Gasteiger partial charge is 0.302 e. The number of hydrogen-bond acceptors (Lipinski definition) is 4. The molecule has 0 bridgehead atoms. The molecule has 4 rings (SSSR count). The Kier molecular flexibility index (Phi) is 4.81. The van der Waals surface area contributed by atoms with Crippen molar-refractivity contribution >= 4 is 5.97 Å². The maximum Gasteiger partial charge on any atom is 0.302 e. The van der Waals surface area contributed by atoms with E-state index in [2.05, 4.69) is 26.0 Å². The lowest BCUT2D eigenvalue weighted by Crippen LogP contribution is -2.53. The second-order valence-corrected chi connectivity index (χ2v) is 10.3. The van der Waals surface area contributed by atoms with Gasteiger partial charge in [0.2, 0.25) is 0 Å². The molecule has 0 N–H and O–H groups in total. The molecule has 4 aliphatic carbocycles. The molecule has 4 aliphatic rings. The Bertz CT molecular complexity index is 771. The number of hydrogen-bond donors (Lipinski definition) is 0. The van der Waals surface area contributed by atoms with Gasteiger partial charge in [-0.1, -0.05) is 13.8 Å². The van der Waals surface area contributed by atoms with Crippen molar-refractivity contribution in [2.24, 2.45) is 34.5 Å². The Balaban J connectivity index is 1.57. The van der Waals surface area contributed by atoms with Crippen LogP contribution in [0.25, 0.3) is 0 Å². The molecular formula is C24H32N2O2. The van der Waals surface area contributed by atoms with Gasteiger partial charge in [0.05, 0.1) is 0 Å². The summed E-state index contributed by atoms with van der Waals surface area (Å²) in [6.07, 6.45) is 10.1. The molecule has 0 amide bonds. The molecule has 4 heteroatoms. The highest BCUT2D eigenvalue weighted by Gasteiger charge is 2.60. The van der Waals surface area contributed by atoms with Gasteiger partial charge in [0.25, 0.3) is 0 Å². The van der Waals surface area contributed by atoms with Crippen molar-refractivity contribution in [2.45, 2.75) is 84.7 Å². The Morgan fingerprint density at radius 3 is 2.39 bits per heavy atom. The van der Waals surface area contributed by atoms with E-state index < -0.39 is 0 Å². The fourth-order valence-corrected chi connectivity index (χ4v) is 7.84. The molecule has 4 nitrogen and oxygen atoms in total. The fraction of sp³-hybridized carbons (Fsp3) is 0.792. The highest BCUT2D eigenvalue weighted by molar-refractivity contribution is 5.66. The van der Waals surface area contributed by atoms with Crippen LogP contribution in [-0.4, -0.2) is 12.1 Å². The number of fused-ring (bicyclic) bond motifs is 5. The lowest BCUT2D eigenvalue weighted by atomic mass is 9.45. The molecule has 0 heterocycles. The first-order valence-corrected chi connectivity index (χ1v) is 11.0. The lowest BCUT2D eigenvalue weighted by molar-refractivity contribution is -0.160. The maximum atomic E-state index is 11.6. The summed E-state index contributed by atoms with van der Waals surface area (Å²) in [5.74, 6) is 2.59. The number of allylic oxidation sites excluding steroid dienone is 2. The van der Waals surface area contributed by atoms with Gasteiger partial charge >= 0.3 is 5.97 Å². The minimum Gasteiger partial charge on any atom is -0.462 e. The van der Waals surface area contributed by atoms with Gasteiger partial charge in [-0.05, 0) is 92.4 Å². The van der Waals surface area contributed by atoms with Crippen molar-refractivity contribution in [3.63, 3.8) is 0 Å². The first kappa shape index (κ1) is 19.5. The summed E-state index contributed by atoms with van der Waals surface area (Å²) < 4.78 is 5.75. The summed E-state index contributed by atoms with van der Waals surface area (Å²) in [6.45, 7) is 6.40. The number of esters is 1. The van der Waals surface area contributed by atoms with E-state index in [-0.39, 0.29) is 17.5 Å². The monoisotopic (exact) mass is 380 g/mol. The highest BCUT2D eigenvalue weighted by Crippen LogP contribution is 2.67. The van der Waals surface area contributed by atoms with Crippen LogP contribution < -0.4 is 0 Å². The molecular weight excluding hydrogens is 348 g/mol. The summed E-state index contributed by atoms with van der Waals surface area (Å²) in [7, 11) is 0. The quantitative estimate of drug-likeness (QED) is 0.457. The van der Waals surface area contributed by atoms with Crippen LogP contribution in [0.5, 0.6) is 0 Å². The third-order valence-corrected chi connectivity index (χ3v) is 9.32. The summed E-state index contributed by atoms with van der Waals surface area (Å²) in [5, 5.41) is 18.6. The molecule has 0 aromatic rings. The van der Waals surface area contributed by atoms with Crippen LogP contribution in [0.4, 0.5) is 0 Å². The molecule has 0 aromatic carbocycles. The zero-order chi connectivity index (χ0) is 20.1. The summed E-state index contributed by atoms with van der Waals surface area (Å²) >= 11 is 0. The molecule has 7 atom stereocenters. The van der Waals surface area contributed by atoms with Crippen LogP contribution in [0, 0.1) is 57.2 Å². The normalized spacial score (nSPS) is 44.3. The summed E-state index contributed by atoms with van der Waals surface area (Å²) in [4.78, 5) is 11.6. The summed E-state index contributed by atoms with van der Waals surface area (Å²) in [6, 6.07) is 4.24. The number of carbonyl (C=O) groups excluding carboxylic acids is 1. The minimum atomic E-state index is -0.137. The largest absolute Gasteiger partial charge is 0.462 e. The van der Waals surface area contributed by atoms with Gasteiger partial charge in [0, 0.05) is 12.3 Å². The molecule has 28 heavy (non-hydrogen) atoms. The van der Waals surface area contributed by atoms with E-state index in [1.807, 2.05) is 0 Å². The van der Waals surface area contributed by atoms with Crippen LogP contribution in [0.2, 0.25) is 0 Å². The predicted octanol–water partition coefficient (Wildman–Crippen LogP) is 5.30. The van der Waals surface area contributed by atoms with Crippen molar-refractivity contribution in [1.82, 2.24) is 0 Å². The molecule has 4 fully saturated rings. The highest BCUT2D eigenvalue weighted by atomic mass is 16.5. The first-order chi connectivity index (χ1) is 13.3. The Hall–Kier alpha value is -1.81. The first-order valence-electron chi connectivity index (χ1n) is 11.0. The molecule has 0 saturated heterocycles. The molecule has 0 radical (unpaired) electrons. The lowest BCUT2D eigenvalue weighted by Gasteiger charge is -2.60. The van der Waals surface area contributed by atoms with Gasteiger partial charge in [-0.25, -0.2) is 0 Å². The van der Waals surface area contributed by atoms with E-state index in [0.29, 0.717) is 22.8 Å². The number of nitriles is 2.